The molecule has 2 rings (SSSR count). The molecule has 0 bridgehead atoms. The van der Waals surface area contributed by atoms with Gasteiger partial charge in [-0.3, -0.25) is 0 Å². The molecule has 1 aliphatic carbocycles. The number of ether oxygens (including phenoxy) is 1. The highest BCUT2D eigenvalue weighted by Crippen LogP contribution is 2.29. The Bertz CT molecular complexity index is 388. The van der Waals surface area contributed by atoms with Gasteiger partial charge < -0.3 is 10.1 Å². The number of hydrogen-bond acceptors (Lipinski definition) is 2. The maximum atomic E-state index is 6.31. The van der Waals surface area contributed by atoms with Gasteiger partial charge in [0.15, 0.2) is 0 Å². The molecule has 0 aliphatic heterocycles. The zero-order chi connectivity index (χ0) is 13.5. The van der Waals surface area contributed by atoms with E-state index in [0.29, 0.717) is 6.10 Å². The molecule has 0 heterocycles. The predicted octanol–water partition coefficient (Wildman–Crippen LogP) is 4.55. The van der Waals surface area contributed by atoms with Crippen LogP contribution in [0.4, 0.5) is 0 Å². The van der Waals surface area contributed by atoms with Crippen molar-refractivity contribution >= 4 is 11.6 Å². The van der Waals surface area contributed by atoms with Crippen LogP contribution >= 0.6 is 11.6 Å². The van der Waals surface area contributed by atoms with Crippen LogP contribution < -0.4 is 10.1 Å². The largest absolute Gasteiger partial charge is 0.489 e. The van der Waals surface area contributed by atoms with E-state index in [0.717, 1.165) is 43.1 Å². The molecule has 0 aromatic heterocycles. The third-order valence-corrected chi connectivity index (χ3v) is 3.89. The minimum atomic E-state index is 0.357. The number of halogens is 1. The minimum Gasteiger partial charge on any atom is -0.489 e. The third-order valence-electron chi connectivity index (χ3n) is 3.60. The van der Waals surface area contributed by atoms with Crippen LogP contribution in [-0.4, -0.2) is 12.6 Å². The highest BCUT2D eigenvalue weighted by molar-refractivity contribution is 6.32. The van der Waals surface area contributed by atoms with E-state index in [1.807, 2.05) is 12.1 Å². The van der Waals surface area contributed by atoms with E-state index in [9.17, 15) is 0 Å². The third kappa shape index (κ3) is 4.70. The molecule has 3 heteroatoms. The Hall–Kier alpha value is -0.730. The quantitative estimate of drug-likeness (QED) is 0.772. The fourth-order valence-electron chi connectivity index (χ4n) is 2.52. The van der Waals surface area contributed by atoms with Crippen LogP contribution in [0.3, 0.4) is 0 Å². The lowest BCUT2D eigenvalue weighted by Gasteiger charge is -2.23. The highest BCUT2D eigenvalue weighted by atomic mass is 35.5. The van der Waals surface area contributed by atoms with Gasteiger partial charge in [0.05, 0.1) is 11.1 Å². The topological polar surface area (TPSA) is 21.3 Å². The molecule has 2 nitrogen and oxygen atoms in total. The lowest BCUT2D eigenvalue weighted by Crippen LogP contribution is -2.19. The van der Waals surface area contributed by atoms with Crippen molar-refractivity contribution in [2.24, 2.45) is 0 Å². The van der Waals surface area contributed by atoms with Crippen LogP contribution in [0, 0.1) is 0 Å². The molecule has 106 valence electrons. The second kappa shape index (κ2) is 7.76. The molecule has 1 aliphatic rings. The van der Waals surface area contributed by atoms with Gasteiger partial charge in [0.1, 0.15) is 5.75 Å². The summed E-state index contributed by atoms with van der Waals surface area (Å²) in [6.07, 6.45) is 7.73. The number of rotatable bonds is 6. The molecular weight excluding hydrogens is 258 g/mol. The highest BCUT2D eigenvalue weighted by Gasteiger charge is 2.16. The van der Waals surface area contributed by atoms with Crippen LogP contribution in [0.5, 0.6) is 5.75 Å². The summed E-state index contributed by atoms with van der Waals surface area (Å²) in [4.78, 5) is 0. The average Bonchev–Trinajstić information content (AvgIpc) is 2.43. The molecule has 1 N–H and O–H groups in total. The van der Waals surface area contributed by atoms with E-state index in [-0.39, 0.29) is 0 Å². The van der Waals surface area contributed by atoms with E-state index in [2.05, 4.69) is 18.3 Å². The van der Waals surface area contributed by atoms with Crippen LogP contribution in [0.25, 0.3) is 0 Å². The first-order chi connectivity index (χ1) is 9.29. The molecule has 1 fully saturated rings. The Labute approximate surface area is 121 Å². The molecular formula is C16H24ClNO. The maximum absolute atomic E-state index is 6.31. The van der Waals surface area contributed by atoms with Gasteiger partial charge in [-0.1, -0.05) is 31.0 Å². The van der Waals surface area contributed by atoms with Gasteiger partial charge in [-0.15, -0.1) is 0 Å². The summed E-state index contributed by atoms with van der Waals surface area (Å²) in [5, 5.41) is 4.12. The minimum absolute atomic E-state index is 0.357. The molecule has 0 saturated heterocycles. The summed E-state index contributed by atoms with van der Waals surface area (Å²) >= 11 is 6.31. The Morgan fingerprint density at radius 3 is 2.74 bits per heavy atom. The van der Waals surface area contributed by atoms with Gasteiger partial charge >= 0.3 is 0 Å². The SMILES string of the molecule is CCCNCc1ccc(OC2CCCCC2)c(Cl)c1. The van der Waals surface area contributed by atoms with Crippen LogP contribution in [0.2, 0.25) is 5.02 Å². The van der Waals surface area contributed by atoms with Crippen molar-refractivity contribution in [3.05, 3.63) is 28.8 Å². The fourth-order valence-corrected chi connectivity index (χ4v) is 2.77. The van der Waals surface area contributed by atoms with Crippen molar-refractivity contribution in [1.29, 1.82) is 0 Å². The normalized spacial score (nSPS) is 16.5. The Morgan fingerprint density at radius 1 is 1.26 bits per heavy atom. The molecule has 1 aromatic rings. The zero-order valence-corrected chi connectivity index (χ0v) is 12.5. The first-order valence-corrected chi connectivity index (χ1v) is 7.83. The number of nitrogens with one attached hydrogen (secondary N) is 1. The summed E-state index contributed by atoms with van der Waals surface area (Å²) in [7, 11) is 0. The Balaban J connectivity index is 1.90. The number of hydrogen-bond donors (Lipinski definition) is 1. The van der Waals surface area contributed by atoms with Gasteiger partial charge in [0.25, 0.3) is 0 Å². The van der Waals surface area contributed by atoms with Crippen molar-refractivity contribution in [1.82, 2.24) is 5.32 Å². The van der Waals surface area contributed by atoms with Crippen molar-refractivity contribution < 1.29 is 4.74 Å². The smallest absolute Gasteiger partial charge is 0.138 e. The Morgan fingerprint density at radius 2 is 2.05 bits per heavy atom. The first kappa shape index (κ1) is 14.7. The molecule has 0 spiro atoms. The lowest BCUT2D eigenvalue weighted by molar-refractivity contribution is 0.155. The molecule has 0 amide bonds. The molecule has 1 aromatic carbocycles. The van der Waals surface area contributed by atoms with Crippen molar-refractivity contribution in [2.45, 2.75) is 58.1 Å². The summed E-state index contributed by atoms with van der Waals surface area (Å²) < 4.78 is 6.01. The van der Waals surface area contributed by atoms with Crippen molar-refractivity contribution in [2.75, 3.05) is 6.54 Å². The van der Waals surface area contributed by atoms with E-state index in [1.165, 1.54) is 24.8 Å². The second-order valence-electron chi connectivity index (χ2n) is 5.32. The van der Waals surface area contributed by atoms with Crippen molar-refractivity contribution in [3.63, 3.8) is 0 Å². The predicted molar refractivity (Wildman–Crippen MR) is 81.0 cm³/mol. The molecule has 19 heavy (non-hydrogen) atoms. The summed E-state index contributed by atoms with van der Waals surface area (Å²) in [6, 6.07) is 6.13. The molecule has 0 radical (unpaired) electrons. The van der Waals surface area contributed by atoms with Crippen LogP contribution in [0.15, 0.2) is 18.2 Å². The average molecular weight is 282 g/mol. The molecule has 0 unspecified atom stereocenters. The summed E-state index contributed by atoms with van der Waals surface area (Å²) in [5.74, 6) is 0.841. The van der Waals surface area contributed by atoms with Gasteiger partial charge in [0, 0.05) is 6.54 Å². The van der Waals surface area contributed by atoms with Gasteiger partial charge in [0.2, 0.25) is 0 Å². The first-order valence-electron chi connectivity index (χ1n) is 7.45. The van der Waals surface area contributed by atoms with E-state index in [4.69, 9.17) is 16.3 Å². The maximum Gasteiger partial charge on any atom is 0.138 e. The zero-order valence-electron chi connectivity index (χ0n) is 11.8. The van der Waals surface area contributed by atoms with E-state index >= 15 is 0 Å². The second-order valence-corrected chi connectivity index (χ2v) is 5.73. The number of benzene rings is 1. The van der Waals surface area contributed by atoms with Gasteiger partial charge in [-0.2, -0.15) is 0 Å². The monoisotopic (exact) mass is 281 g/mol. The van der Waals surface area contributed by atoms with Crippen LogP contribution in [0.1, 0.15) is 51.0 Å². The summed E-state index contributed by atoms with van der Waals surface area (Å²) in [6.45, 7) is 4.08. The van der Waals surface area contributed by atoms with E-state index in [1.54, 1.807) is 0 Å². The van der Waals surface area contributed by atoms with Crippen LogP contribution in [-0.2, 0) is 6.54 Å². The molecule has 0 atom stereocenters. The fraction of sp³-hybridized carbons (Fsp3) is 0.625. The lowest BCUT2D eigenvalue weighted by atomic mass is 9.98. The van der Waals surface area contributed by atoms with Gasteiger partial charge in [-0.25, -0.2) is 0 Å². The van der Waals surface area contributed by atoms with Crippen molar-refractivity contribution in [3.8, 4) is 5.75 Å². The molecule has 1 saturated carbocycles. The van der Waals surface area contributed by atoms with E-state index < -0.39 is 0 Å². The Kier molecular flexibility index (Phi) is 5.99. The van der Waals surface area contributed by atoms with Gasteiger partial charge in [-0.05, 0) is 56.3 Å². The summed E-state index contributed by atoms with van der Waals surface area (Å²) in [5.41, 5.74) is 1.22. The standard InChI is InChI=1S/C16H24ClNO/c1-2-10-18-12-13-8-9-16(15(17)11-13)19-14-6-4-3-5-7-14/h8-9,11,14,18H,2-7,10,12H2,1H3.